The largest absolute Gasteiger partial charge is 0.279 e. The molecule has 1 saturated heterocycles. The van der Waals surface area contributed by atoms with Crippen LogP contribution < -0.4 is 4.90 Å². The molecule has 9 heteroatoms. The van der Waals surface area contributed by atoms with E-state index in [0.29, 0.717) is 30.3 Å². The summed E-state index contributed by atoms with van der Waals surface area (Å²) in [5.41, 5.74) is 2.37. The number of aryl methyl sites for hydroxylation is 1. The lowest BCUT2D eigenvalue weighted by Crippen LogP contribution is -2.42. The fourth-order valence-electron chi connectivity index (χ4n) is 3.39. The number of carbonyl (C=O) groups is 1. The van der Waals surface area contributed by atoms with Gasteiger partial charge in [0.25, 0.3) is 5.95 Å². The molecule has 0 saturated carbocycles. The van der Waals surface area contributed by atoms with Crippen molar-refractivity contribution in [3.05, 3.63) is 52.8 Å². The van der Waals surface area contributed by atoms with E-state index in [2.05, 4.69) is 25.1 Å². The zero-order chi connectivity index (χ0) is 19.7. The van der Waals surface area contributed by atoms with Crippen molar-refractivity contribution in [3.8, 4) is 11.4 Å². The average molecular weight is 401 g/mol. The molecule has 0 aliphatic carbocycles. The molecule has 28 heavy (non-hydrogen) atoms. The number of anilines is 1. The lowest BCUT2D eigenvalue weighted by molar-refractivity contribution is -0.123. The number of rotatable bonds is 4. The predicted octanol–water partition coefficient (Wildman–Crippen LogP) is 3.35. The fraction of sp³-hybridized carbons (Fsp3) is 0.316. The van der Waals surface area contributed by atoms with Crippen molar-refractivity contribution in [2.24, 2.45) is 5.92 Å². The number of hydrogen-bond acceptors (Lipinski definition) is 5. The number of pyridine rings is 2. The molecule has 1 amide bonds. The molecule has 0 unspecified atom stereocenters. The Bertz CT molecular complexity index is 1020. The number of aromatic nitrogens is 5. The monoisotopic (exact) mass is 400 g/mol. The van der Waals surface area contributed by atoms with Crippen molar-refractivity contribution in [3.63, 3.8) is 0 Å². The summed E-state index contributed by atoms with van der Waals surface area (Å²) in [5.74, 6) is 0.00354. The number of nitrogens with zero attached hydrogens (tertiary/aromatic N) is 5. The van der Waals surface area contributed by atoms with Crippen molar-refractivity contribution in [1.82, 2.24) is 25.1 Å². The van der Waals surface area contributed by atoms with E-state index in [1.807, 2.05) is 19.1 Å². The normalized spacial score (nSPS) is 17.2. The average Bonchev–Trinajstić information content (AvgIpc) is 3.16. The number of carbonyl (C=O) groups excluding carboxylic acids is 1. The molecule has 4 heterocycles. The minimum atomic E-state index is -0.578. The van der Waals surface area contributed by atoms with E-state index in [-0.39, 0.29) is 17.0 Å². The summed E-state index contributed by atoms with van der Waals surface area (Å²) in [6.07, 6.45) is 5.15. The smallest absolute Gasteiger partial charge is 0.251 e. The van der Waals surface area contributed by atoms with Crippen molar-refractivity contribution >= 4 is 23.5 Å². The summed E-state index contributed by atoms with van der Waals surface area (Å²) >= 11 is 5.63. The van der Waals surface area contributed by atoms with Crippen LogP contribution in [0.25, 0.3) is 11.4 Å². The van der Waals surface area contributed by atoms with Gasteiger partial charge < -0.3 is 0 Å². The maximum Gasteiger partial charge on any atom is 0.251 e. The molecule has 0 aromatic carbocycles. The first-order valence-electron chi connectivity index (χ1n) is 8.98. The second-order valence-corrected chi connectivity index (χ2v) is 7.18. The van der Waals surface area contributed by atoms with Gasteiger partial charge in [-0.05, 0) is 49.9 Å². The van der Waals surface area contributed by atoms with Gasteiger partial charge in [-0.25, -0.2) is 9.37 Å². The number of aromatic amines is 1. The molecule has 1 aliphatic rings. The Kier molecular flexibility index (Phi) is 5.04. The molecule has 7 nitrogen and oxygen atoms in total. The van der Waals surface area contributed by atoms with Gasteiger partial charge in [-0.15, -0.1) is 5.10 Å². The van der Waals surface area contributed by atoms with E-state index in [0.717, 1.165) is 24.1 Å². The zero-order valence-electron chi connectivity index (χ0n) is 15.2. The number of H-pyrrole nitrogens is 1. The van der Waals surface area contributed by atoms with Crippen LogP contribution in [0.3, 0.4) is 0 Å². The minimum absolute atomic E-state index is 0.0712. The van der Waals surface area contributed by atoms with Gasteiger partial charge in [0.1, 0.15) is 0 Å². The number of nitrogens with one attached hydrogen (secondary N) is 1. The van der Waals surface area contributed by atoms with E-state index in [4.69, 9.17) is 11.6 Å². The number of hydrogen-bond donors (Lipinski definition) is 1. The van der Waals surface area contributed by atoms with E-state index in [9.17, 15) is 9.18 Å². The van der Waals surface area contributed by atoms with Crippen LogP contribution in [0.2, 0.25) is 5.15 Å². The Morgan fingerprint density at radius 2 is 2.21 bits per heavy atom. The molecule has 3 aromatic rings. The van der Waals surface area contributed by atoms with Gasteiger partial charge in [0.15, 0.2) is 16.8 Å². The summed E-state index contributed by atoms with van der Waals surface area (Å²) < 4.78 is 13.6. The van der Waals surface area contributed by atoms with Crippen LogP contribution in [0.4, 0.5) is 10.3 Å². The second kappa shape index (κ2) is 7.63. The maximum atomic E-state index is 13.6. The predicted molar refractivity (Wildman–Crippen MR) is 102 cm³/mol. The van der Waals surface area contributed by atoms with Gasteiger partial charge in [-0.1, -0.05) is 11.6 Å². The summed E-state index contributed by atoms with van der Waals surface area (Å²) in [7, 11) is 0. The summed E-state index contributed by atoms with van der Waals surface area (Å²) in [4.78, 5) is 27.0. The van der Waals surface area contributed by atoms with E-state index in [1.54, 1.807) is 11.1 Å². The molecule has 3 aromatic heterocycles. The molecule has 0 radical (unpaired) electrons. The Hall–Kier alpha value is -2.87. The van der Waals surface area contributed by atoms with Crippen LogP contribution >= 0.6 is 11.6 Å². The quantitative estimate of drug-likeness (QED) is 0.678. The highest BCUT2D eigenvalue weighted by molar-refractivity contribution is 6.29. The standard InChI is InChI=1S/C19H18ClFN6O/c1-11-7-13(4-5-22-11)17-24-19(26-25-17)27-6-2-3-14(18(27)28)8-12-9-15(21)16(20)23-10-12/h4-5,7,9-10,14H,2-3,6,8H2,1H3,(H,24,25,26)/t14-/m0/s1. The van der Waals surface area contributed by atoms with Crippen LogP contribution in [-0.4, -0.2) is 37.6 Å². The molecule has 0 spiro atoms. The molecule has 1 aliphatic heterocycles. The van der Waals surface area contributed by atoms with Crippen LogP contribution in [0, 0.1) is 18.7 Å². The van der Waals surface area contributed by atoms with Crippen LogP contribution in [0.5, 0.6) is 0 Å². The number of halogens is 2. The molecular formula is C19H18ClFN6O. The third-order valence-corrected chi connectivity index (χ3v) is 5.05. The lowest BCUT2D eigenvalue weighted by atomic mass is 9.91. The van der Waals surface area contributed by atoms with Crippen molar-refractivity contribution < 1.29 is 9.18 Å². The van der Waals surface area contributed by atoms with Gasteiger partial charge in [0, 0.05) is 36.1 Å². The van der Waals surface area contributed by atoms with Gasteiger partial charge in [-0.3, -0.25) is 19.8 Å². The molecule has 4 rings (SSSR count). The highest BCUT2D eigenvalue weighted by atomic mass is 35.5. The minimum Gasteiger partial charge on any atom is -0.279 e. The second-order valence-electron chi connectivity index (χ2n) is 6.82. The number of piperidine rings is 1. The first-order valence-corrected chi connectivity index (χ1v) is 9.36. The molecule has 144 valence electrons. The highest BCUT2D eigenvalue weighted by Gasteiger charge is 2.32. The summed E-state index contributed by atoms with van der Waals surface area (Å²) in [6.45, 7) is 2.45. The van der Waals surface area contributed by atoms with Gasteiger partial charge in [-0.2, -0.15) is 4.98 Å². The Labute approximate surface area is 166 Å². The molecule has 1 fully saturated rings. The molecule has 1 atom stereocenters. The summed E-state index contributed by atoms with van der Waals surface area (Å²) in [5, 5.41) is 6.94. The van der Waals surface area contributed by atoms with Gasteiger partial charge in [0.05, 0.1) is 0 Å². The van der Waals surface area contributed by atoms with Crippen molar-refractivity contribution in [2.45, 2.75) is 26.2 Å². The SMILES string of the molecule is Cc1cc(-c2nc(N3CCC[C@@H](Cc4cnc(Cl)c(F)c4)C3=O)n[nH]2)ccn1. The molecule has 0 bridgehead atoms. The Morgan fingerprint density at radius 1 is 1.36 bits per heavy atom. The van der Waals surface area contributed by atoms with E-state index < -0.39 is 5.82 Å². The highest BCUT2D eigenvalue weighted by Crippen LogP contribution is 2.27. The Balaban J connectivity index is 1.52. The first kappa shape index (κ1) is 18.5. The fourth-order valence-corrected chi connectivity index (χ4v) is 3.49. The van der Waals surface area contributed by atoms with Gasteiger partial charge in [0.2, 0.25) is 5.91 Å². The van der Waals surface area contributed by atoms with Crippen molar-refractivity contribution in [2.75, 3.05) is 11.4 Å². The first-order chi connectivity index (χ1) is 13.5. The maximum absolute atomic E-state index is 13.6. The third kappa shape index (κ3) is 3.73. The Morgan fingerprint density at radius 3 is 3.00 bits per heavy atom. The number of amides is 1. The van der Waals surface area contributed by atoms with Gasteiger partial charge >= 0.3 is 0 Å². The van der Waals surface area contributed by atoms with E-state index >= 15 is 0 Å². The third-order valence-electron chi connectivity index (χ3n) is 4.77. The zero-order valence-corrected chi connectivity index (χ0v) is 15.9. The van der Waals surface area contributed by atoms with E-state index in [1.165, 1.54) is 12.3 Å². The van der Waals surface area contributed by atoms with Crippen molar-refractivity contribution in [1.29, 1.82) is 0 Å². The van der Waals surface area contributed by atoms with Crippen LogP contribution in [0.1, 0.15) is 24.1 Å². The lowest BCUT2D eigenvalue weighted by Gasteiger charge is -2.29. The molecular weight excluding hydrogens is 383 g/mol. The molecule has 1 N–H and O–H groups in total. The topological polar surface area (TPSA) is 87.7 Å². The summed E-state index contributed by atoms with van der Waals surface area (Å²) in [6, 6.07) is 5.06. The van der Waals surface area contributed by atoms with Crippen LogP contribution in [-0.2, 0) is 11.2 Å². The van der Waals surface area contributed by atoms with Crippen LogP contribution in [0.15, 0.2) is 30.6 Å².